The fraction of sp³-hybridized carbons (Fsp3) is 0.979. The van der Waals surface area contributed by atoms with Gasteiger partial charge >= 0.3 is 5.97 Å². The number of hydrogen-bond acceptors (Lipinski definition) is 14. The lowest BCUT2D eigenvalue weighted by atomic mass is 9.72. The molecule has 14 nitrogen and oxygen atoms in total. The van der Waals surface area contributed by atoms with Gasteiger partial charge in [-0.05, 0) is 93.8 Å². The van der Waals surface area contributed by atoms with Crippen molar-refractivity contribution in [2.24, 2.45) is 23.7 Å². The van der Waals surface area contributed by atoms with Crippen LogP contribution in [0.5, 0.6) is 0 Å². The van der Waals surface area contributed by atoms with E-state index < -0.39 is 95.8 Å². The summed E-state index contributed by atoms with van der Waals surface area (Å²) in [6.07, 6.45) is 0.963. The van der Waals surface area contributed by atoms with Crippen molar-refractivity contribution in [1.82, 2.24) is 10.2 Å². The molecule has 0 spiro atoms. The summed E-state index contributed by atoms with van der Waals surface area (Å²) in [5.74, 6) is -3.25. The number of hydrogen-bond donors (Lipinski definition) is 6. The SMILES string of the molecule is CCCCCCCCCCN[C@@H]1[C@H](C)[C@@H](O)[C@](C)(O)[C@@H](CC)OC(=O)[C@H](C)[C@@H](OC2CC(C)(OC)C(O)C(C)O2)[C@H](C)[C@@H](OC2OC(C)CC(N(C)C)C2O)[C@](C)(O)C[C@H]1C. The number of aliphatic hydroxyl groups excluding tert-OH is 3. The van der Waals surface area contributed by atoms with Gasteiger partial charge in [0.25, 0.3) is 0 Å². The number of aliphatic hydroxyl groups is 5. The molecule has 360 valence electrons. The van der Waals surface area contributed by atoms with Gasteiger partial charge in [0.1, 0.15) is 23.9 Å². The first kappa shape index (κ1) is 54.3. The Morgan fingerprint density at radius 1 is 0.820 bits per heavy atom. The van der Waals surface area contributed by atoms with Gasteiger partial charge in [0.15, 0.2) is 12.6 Å². The molecule has 3 saturated heterocycles. The lowest BCUT2D eigenvalue weighted by Gasteiger charge is -2.49. The summed E-state index contributed by atoms with van der Waals surface area (Å²) in [7, 11) is 5.32. The van der Waals surface area contributed by atoms with Crippen LogP contribution in [0.25, 0.3) is 0 Å². The monoisotopic (exact) mass is 875 g/mol. The summed E-state index contributed by atoms with van der Waals surface area (Å²) >= 11 is 0. The first-order chi connectivity index (χ1) is 28.5. The minimum atomic E-state index is -1.83. The minimum absolute atomic E-state index is 0.133. The normalized spacial score (nSPS) is 44.8. The van der Waals surface area contributed by atoms with E-state index in [9.17, 15) is 30.3 Å². The lowest BCUT2D eigenvalue weighted by molar-refractivity contribution is -0.318. The van der Waals surface area contributed by atoms with Crippen molar-refractivity contribution in [3.63, 3.8) is 0 Å². The van der Waals surface area contributed by atoms with E-state index in [2.05, 4.69) is 12.2 Å². The second-order valence-corrected chi connectivity index (χ2v) is 20.2. The zero-order chi connectivity index (χ0) is 46.0. The summed E-state index contributed by atoms with van der Waals surface area (Å²) in [4.78, 5) is 16.4. The van der Waals surface area contributed by atoms with Crippen molar-refractivity contribution < 1.29 is 58.7 Å². The zero-order valence-corrected chi connectivity index (χ0v) is 40.5. The number of nitrogens with zero attached hydrogens (tertiary/aromatic N) is 1. The van der Waals surface area contributed by atoms with E-state index in [1.54, 1.807) is 27.7 Å². The number of rotatable bonds is 17. The van der Waals surface area contributed by atoms with Crippen LogP contribution in [0, 0.1) is 23.7 Å². The van der Waals surface area contributed by atoms with Crippen LogP contribution in [0.15, 0.2) is 0 Å². The van der Waals surface area contributed by atoms with E-state index in [0.717, 1.165) is 19.3 Å². The van der Waals surface area contributed by atoms with Crippen LogP contribution in [-0.4, -0.2) is 154 Å². The van der Waals surface area contributed by atoms with E-state index in [1.807, 2.05) is 53.6 Å². The summed E-state index contributed by atoms with van der Waals surface area (Å²) in [6, 6.07) is -0.658. The lowest BCUT2D eigenvalue weighted by Crippen LogP contribution is -2.62. The summed E-state index contributed by atoms with van der Waals surface area (Å²) < 4.78 is 38.1. The number of ether oxygens (including phenoxy) is 6. The van der Waals surface area contributed by atoms with Gasteiger partial charge in [-0.15, -0.1) is 0 Å². The quantitative estimate of drug-likeness (QED) is 0.0815. The highest BCUT2D eigenvalue weighted by Crippen LogP contribution is 2.41. The number of unbranched alkanes of at least 4 members (excludes halogenated alkanes) is 7. The third-order valence-electron chi connectivity index (χ3n) is 14.5. The van der Waals surface area contributed by atoms with Crippen molar-refractivity contribution in [1.29, 1.82) is 0 Å². The molecule has 0 aliphatic carbocycles. The smallest absolute Gasteiger partial charge is 0.311 e. The number of methoxy groups -OCH3 is 1. The second kappa shape index (κ2) is 24.0. The highest BCUT2D eigenvalue weighted by molar-refractivity contribution is 5.73. The number of carbonyl (C=O) groups is 1. The van der Waals surface area contributed by atoms with Gasteiger partial charge in [0.2, 0.25) is 0 Å². The number of nitrogens with one attached hydrogen (secondary N) is 1. The average Bonchev–Trinajstić information content (AvgIpc) is 3.19. The van der Waals surface area contributed by atoms with Crippen molar-refractivity contribution >= 4 is 5.97 Å². The molecule has 0 aromatic heterocycles. The molecule has 0 aromatic rings. The first-order valence-corrected chi connectivity index (χ1v) is 23.7. The molecule has 3 rings (SSSR count). The highest BCUT2D eigenvalue weighted by atomic mass is 16.7. The summed E-state index contributed by atoms with van der Waals surface area (Å²) in [5, 5.41) is 63.6. The standard InChI is InChI=1S/C47H90N2O12/c1-15-17-18-19-20-21-22-23-24-48-37-28(3)26-45(9,54)42(61-44-38(50)34(49(12)13)25-29(4)57-44)31(6)39(60-36-27-46(10,56-14)41(52)33(8)58-36)32(7)43(53)59-35(16-2)47(11,55)40(51)30(37)5/h28-42,44,48,50-52,54-55H,15-27H2,1-14H3/t28-,29?,30+,31+,32-,33?,34?,35-,36?,37+,38?,39+,40-,41?,42-,44?,45-,46?,47-/m1/s1. The summed E-state index contributed by atoms with van der Waals surface area (Å²) in [5.41, 5.74) is -4.48. The molecule has 0 radical (unpaired) electrons. The number of cyclic esters (lactones) is 1. The van der Waals surface area contributed by atoms with Gasteiger partial charge in [-0.25, -0.2) is 0 Å². The van der Waals surface area contributed by atoms with Crippen molar-refractivity contribution in [3.05, 3.63) is 0 Å². The maximum atomic E-state index is 14.4. The van der Waals surface area contributed by atoms with Crippen LogP contribution in [0.2, 0.25) is 0 Å². The Hall–Kier alpha value is -1.01. The Morgan fingerprint density at radius 3 is 2.00 bits per heavy atom. The molecule has 8 unspecified atom stereocenters. The predicted molar refractivity (Wildman–Crippen MR) is 236 cm³/mol. The van der Waals surface area contributed by atoms with E-state index >= 15 is 0 Å². The molecule has 19 atom stereocenters. The van der Waals surface area contributed by atoms with Crippen molar-refractivity contribution in [2.45, 2.75) is 244 Å². The van der Waals surface area contributed by atoms with Crippen LogP contribution < -0.4 is 5.32 Å². The maximum absolute atomic E-state index is 14.4. The highest BCUT2D eigenvalue weighted by Gasteiger charge is 2.53. The molecule has 0 amide bonds. The molecule has 0 aromatic carbocycles. The van der Waals surface area contributed by atoms with E-state index in [0.29, 0.717) is 13.0 Å². The molecule has 6 N–H and O–H groups in total. The third-order valence-corrected chi connectivity index (χ3v) is 14.5. The third kappa shape index (κ3) is 14.0. The Bertz CT molecular complexity index is 1290. The van der Waals surface area contributed by atoms with E-state index in [1.165, 1.54) is 46.1 Å². The number of likely N-dealkylation sites (N-methyl/N-ethyl adjacent to an activating group) is 1. The predicted octanol–water partition coefficient (Wildman–Crippen LogP) is 5.32. The molecule has 61 heavy (non-hydrogen) atoms. The molecule has 3 aliphatic rings. The van der Waals surface area contributed by atoms with Crippen LogP contribution in [-0.2, 0) is 33.2 Å². The molecule has 0 saturated carbocycles. The van der Waals surface area contributed by atoms with Crippen LogP contribution in [0.3, 0.4) is 0 Å². The molecule has 3 aliphatic heterocycles. The topological polar surface area (TPSA) is 189 Å². The van der Waals surface area contributed by atoms with Crippen molar-refractivity contribution in [3.8, 4) is 0 Å². The number of esters is 1. The Labute approximate surface area is 369 Å². The number of carbonyl (C=O) groups excluding carboxylic acids is 1. The van der Waals surface area contributed by atoms with E-state index in [-0.39, 0.29) is 43.4 Å². The molecule has 3 fully saturated rings. The van der Waals surface area contributed by atoms with Gasteiger partial charge in [-0.2, -0.15) is 0 Å². The summed E-state index contributed by atoms with van der Waals surface area (Å²) in [6.45, 7) is 20.8. The molecular formula is C47H90N2O12. The fourth-order valence-corrected chi connectivity index (χ4v) is 10.5. The molecule has 14 heteroatoms. The molecule has 0 bridgehead atoms. The van der Waals surface area contributed by atoms with Crippen LogP contribution in [0.1, 0.15) is 153 Å². The van der Waals surface area contributed by atoms with Crippen LogP contribution >= 0.6 is 0 Å². The Morgan fingerprint density at radius 2 is 1.43 bits per heavy atom. The molecule has 3 heterocycles. The average molecular weight is 875 g/mol. The van der Waals surface area contributed by atoms with Gasteiger partial charge in [0.05, 0.1) is 47.6 Å². The van der Waals surface area contributed by atoms with Gasteiger partial charge in [0, 0.05) is 37.5 Å². The Balaban J connectivity index is 2.12. The molecular weight excluding hydrogens is 785 g/mol. The van der Waals surface area contributed by atoms with Gasteiger partial charge < -0.3 is 64.2 Å². The fourth-order valence-electron chi connectivity index (χ4n) is 10.5. The second-order valence-electron chi connectivity index (χ2n) is 20.2. The van der Waals surface area contributed by atoms with Crippen LogP contribution in [0.4, 0.5) is 0 Å². The van der Waals surface area contributed by atoms with Gasteiger partial charge in [-0.1, -0.05) is 79.6 Å². The minimum Gasteiger partial charge on any atom is -0.459 e. The van der Waals surface area contributed by atoms with E-state index in [4.69, 9.17) is 28.4 Å². The first-order valence-electron chi connectivity index (χ1n) is 23.7. The maximum Gasteiger partial charge on any atom is 0.311 e. The van der Waals surface area contributed by atoms with Gasteiger partial charge in [-0.3, -0.25) is 4.79 Å². The Kier molecular flexibility index (Phi) is 21.3. The van der Waals surface area contributed by atoms with Crippen molar-refractivity contribution in [2.75, 3.05) is 27.7 Å². The zero-order valence-electron chi connectivity index (χ0n) is 40.5. The largest absolute Gasteiger partial charge is 0.459 e.